The van der Waals surface area contributed by atoms with Crippen LogP contribution in [-0.2, 0) is 0 Å². The average molecular weight is 410 g/mol. The molecule has 2 amide bonds. The fraction of sp³-hybridized carbons (Fsp3) is 0.0625. The second-order valence-corrected chi connectivity index (χ2v) is 6.13. The van der Waals surface area contributed by atoms with E-state index in [2.05, 4.69) is 42.5 Å². The van der Waals surface area contributed by atoms with E-state index in [-0.39, 0.29) is 6.03 Å². The first-order valence-corrected chi connectivity index (χ1v) is 7.89. The molecule has 3 nitrogen and oxygen atoms in total. The summed E-state index contributed by atoms with van der Waals surface area (Å²) in [6, 6.07) is 13.2. The van der Waals surface area contributed by atoms with Gasteiger partial charge in [0, 0.05) is 20.8 Å². The van der Waals surface area contributed by atoms with Crippen molar-refractivity contribution in [3.05, 3.63) is 68.7 Å². The Labute approximate surface area is 140 Å². The van der Waals surface area contributed by atoms with Crippen LogP contribution in [0.2, 0.25) is 0 Å². The first kappa shape index (κ1) is 15.8. The molecule has 0 atom stereocenters. The van der Waals surface area contributed by atoms with Gasteiger partial charge in [0.15, 0.2) is 0 Å². The van der Waals surface area contributed by atoms with E-state index < -0.39 is 0 Å². The highest BCUT2D eigenvalue weighted by atomic mass is 79.9. The number of anilines is 1. The molecule has 0 unspecified atom stereocenters. The molecule has 0 fully saturated rings. The van der Waals surface area contributed by atoms with E-state index in [1.807, 2.05) is 55.5 Å². The van der Waals surface area contributed by atoms with Gasteiger partial charge in [0.1, 0.15) is 0 Å². The predicted octanol–water partition coefficient (Wildman–Crippen LogP) is 5.31. The predicted molar refractivity (Wildman–Crippen MR) is 94.2 cm³/mol. The largest absolute Gasteiger partial charge is 0.323 e. The van der Waals surface area contributed by atoms with Gasteiger partial charge in [0.05, 0.1) is 0 Å². The number of carbonyl (C=O) groups is 1. The van der Waals surface area contributed by atoms with Gasteiger partial charge in [0.25, 0.3) is 0 Å². The van der Waals surface area contributed by atoms with Gasteiger partial charge in [-0.1, -0.05) is 50.1 Å². The molecule has 0 aliphatic rings. The summed E-state index contributed by atoms with van der Waals surface area (Å²) in [6.45, 7) is 1.97. The summed E-state index contributed by atoms with van der Waals surface area (Å²) in [5.41, 5.74) is 2.82. The molecule has 0 aromatic heterocycles. The Bertz CT molecular complexity index is 684. The van der Waals surface area contributed by atoms with Gasteiger partial charge in [-0.15, -0.1) is 0 Å². The number of hydrogen-bond acceptors (Lipinski definition) is 1. The zero-order valence-electron chi connectivity index (χ0n) is 11.4. The number of benzene rings is 2. The van der Waals surface area contributed by atoms with Crippen molar-refractivity contribution >= 4 is 49.7 Å². The third kappa shape index (κ3) is 4.72. The number of carbonyl (C=O) groups excluding carboxylic acids is 1. The third-order valence-electron chi connectivity index (χ3n) is 2.80. The second kappa shape index (κ2) is 7.43. The van der Waals surface area contributed by atoms with Crippen LogP contribution in [0.15, 0.2) is 57.6 Å². The summed E-state index contributed by atoms with van der Waals surface area (Å²) in [4.78, 5) is 11.8. The van der Waals surface area contributed by atoms with E-state index in [0.29, 0.717) is 0 Å². The number of aryl methyl sites for hydroxylation is 1. The number of halogens is 2. The number of nitrogens with one attached hydrogen (secondary N) is 2. The van der Waals surface area contributed by atoms with E-state index >= 15 is 0 Å². The van der Waals surface area contributed by atoms with Gasteiger partial charge < -0.3 is 10.6 Å². The minimum atomic E-state index is -0.278. The molecule has 0 saturated heterocycles. The Morgan fingerprint density at radius 2 is 1.86 bits per heavy atom. The molecule has 0 spiro atoms. The first-order valence-electron chi connectivity index (χ1n) is 6.31. The molecule has 21 heavy (non-hydrogen) atoms. The van der Waals surface area contributed by atoms with Crippen molar-refractivity contribution in [3.63, 3.8) is 0 Å². The number of amides is 2. The van der Waals surface area contributed by atoms with Gasteiger partial charge in [-0.2, -0.15) is 0 Å². The maximum Gasteiger partial charge on any atom is 0.323 e. The Balaban J connectivity index is 1.93. The van der Waals surface area contributed by atoms with Gasteiger partial charge in [-0.25, -0.2) is 4.79 Å². The monoisotopic (exact) mass is 408 g/mol. The highest BCUT2D eigenvalue weighted by molar-refractivity contribution is 9.10. The number of rotatable bonds is 3. The molecule has 2 rings (SSSR count). The standard InChI is InChI=1S/C16H14Br2N2O/c1-11-10-13(6-7-14(11)17)20-16(21)19-9-8-12-4-2-3-5-15(12)18/h2-10H,1H3,(H2,19,20,21)/b9-8+. The number of urea groups is 1. The van der Waals surface area contributed by atoms with Crippen molar-refractivity contribution in [1.29, 1.82) is 0 Å². The van der Waals surface area contributed by atoms with Crippen LogP contribution in [0.4, 0.5) is 10.5 Å². The minimum absolute atomic E-state index is 0.278. The van der Waals surface area contributed by atoms with E-state index in [0.717, 1.165) is 25.8 Å². The van der Waals surface area contributed by atoms with E-state index in [1.165, 1.54) is 0 Å². The topological polar surface area (TPSA) is 41.1 Å². The number of hydrogen-bond donors (Lipinski definition) is 2. The summed E-state index contributed by atoms with van der Waals surface area (Å²) in [7, 11) is 0. The lowest BCUT2D eigenvalue weighted by molar-refractivity contribution is 0.255. The molecule has 5 heteroatoms. The Morgan fingerprint density at radius 3 is 2.57 bits per heavy atom. The van der Waals surface area contributed by atoms with Crippen LogP contribution in [0.25, 0.3) is 6.08 Å². The van der Waals surface area contributed by atoms with Crippen molar-refractivity contribution < 1.29 is 4.79 Å². The van der Waals surface area contributed by atoms with Crippen molar-refractivity contribution in [2.45, 2.75) is 6.92 Å². The maximum atomic E-state index is 11.8. The Kier molecular flexibility index (Phi) is 5.59. The summed E-state index contributed by atoms with van der Waals surface area (Å²) in [5.74, 6) is 0. The van der Waals surface area contributed by atoms with Crippen LogP contribution >= 0.6 is 31.9 Å². The molecule has 0 radical (unpaired) electrons. The summed E-state index contributed by atoms with van der Waals surface area (Å²) >= 11 is 6.87. The summed E-state index contributed by atoms with van der Waals surface area (Å²) < 4.78 is 1.99. The Hall–Kier alpha value is -1.59. The smallest absolute Gasteiger partial charge is 0.314 e. The molecule has 0 heterocycles. The fourth-order valence-corrected chi connectivity index (χ4v) is 2.37. The van der Waals surface area contributed by atoms with Crippen molar-refractivity contribution in [3.8, 4) is 0 Å². The average Bonchev–Trinajstić information content (AvgIpc) is 2.45. The zero-order valence-corrected chi connectivity index (χ0v) is 14.5. The molecule has 0 aliphatic heterocycles. The highest BCUT2D eigenvalue weighted by Crippen LogP contribution is 2.20. The van der Waals surface area contributed by atoms with Crippen molar-refractivity contribution in [2.24, 2.45) is 0 Å². The third-order valence-corrected chi connectivity index (χ3v) is 4.41. The molecule has 108 valence electrons. The lowest BCUT2D eigenvalue weighted by atomic mass is 10.2. The zero-order chi connectivity index (χ0) is 15.2. The summed E-state index contributed by atoms with van der Waals surface area (Å²) in [6.07, 6.45) is 3.44. The normalized spacial score (nSPS) is 10.6. The van der Waals surface area contributed by atoms with Crippen LogP contribution in [0.5, 0.6) is 0 Å². The maximum absolute atomic E-state index is 11.8. The minimum Gasteiger partial charge on any atom is -0.314 e. The van der Waals surface area contributed by atoms with Gasteiger partial charge in [0.2, 0.25) is 0 Å². The molecule has 0 saturated carbocycles. The van der Waals surface area contributed by atoms with Crippen LogP contribution in [-0.4, -0.2) is 6.03 Å². The summed E-state index contributed by atoms with van der Waals surface area (Å²) in [5, 5.41) is 5.45. The Morgan fingerprint density at radius 1 is 1.10 bits per heavy atom. The van der Waals surface area contributed by atoms with Gasteiger partial charge in [-0.3, -0.25) is 0 Å². The van der Waals surface area contributed by atoms with Crippen LogP contribution in [0.1, 0.15) is 11.1 Å². The van der Waals surface area contributed by atoms with Gasteiger partial charge in [-0.05, 0) is 48.4 Å². The molecular formula is C16H14Br2N2O. The van der Waals surface area contributed by atoms with Crippen LogP contribution in [0.3, 0.4) is 0 Å². The van der Waals surface area contributed by atoms with Crippen LogP contribution in [0, 0.1) is 6.92 Å². The lowest BCUT2D eigenvalue weighted by Gasteiger charge is -2.06. The highest BCUT2D eigenvalue weighted by Gasteiger charge is 2.01. The molecule has 2 N–H and O–H groups in total. The van der Waals surface area contributed by atoms with Crippen molar-refractivity contribution in [1.82, 2.24) is 5.32 Å². The van der Waals surface area contributed by atoms with Crippen molar-refractivity contribution in [2.75, 3.05) is 5.32 Å². The SMILES string of the molecule is Cc1cc(NC(=O)N/C=C/c2ccccc2Br)ccc1Br. The second-order valence-electron chi connectivity index (χ2n) is 4.42. The fourth-order valence-electron chi connectivity index (χ4n) is 1.71. The molecule has 0 aliphatic carbocycles. The first-order chi connectivity index (χ1) is 10.1. The quantitative estimate of drug-likeness (QED) is 0.708. The molecular weight excluding hydrogens is 396 g/mol. The molecule has 2 aromatic rings. The van der Waals surface area contributed by atoms with E-state index in [1.54, 1.807) is 6.20 Å². The van der Waals surface area contributed by atoms with E-state index in [4.69, 9.17) is 0 Å². The van der Waals surface area contributed by atoms with Crippen LogP contribution < -0.4 is 10.6 Å². The molecule has 2 aromatic carbocycles. The lowest BCUT2D eigenvalue weighted by Crippen LogP contribution is -2.23. The van der Waals surface area contributed by atoms with E-state index in [9.17, 15) is 4.79 Å². The van der Waals surface area contributed by atoms with Gasteiger partial charge >= 0.3 is 6.03 Å². The molecule has 0 bridgehead atoms.